The number of hydrogen-bond acceptors (Lipinski definition) is 3. The first kappa shape index (κ1) is 15.3. The maximum atomic E-state index is 12.5. The molecule has 1 atom stereocenters. The van der Waals surface area contributed by atoms with Crippen LogP contribution < -0.4 is 5.32 Å². The minimum atomic E-state index is -0.785. The van der Waals surface area contributed by atoms with Gasteiger partial charge in [-0.2, -0.15) is 0 Å². The van der Waals surface area contributed by atoms with Crippen LogP contribution in [0.3, 0.4) is 0 Å². The van der Waals surface area contributed by atoms with Crippen LogP contribution in [0.2, 0.25) is 0 Å². The second kappa shape index (κ2) is 6.57. The van der Waals surface area contributed by atoms with Crippen molar-refractivity contribution < 1.29 is 14.7 Å². The summed E-state index contributed by atoms with van der Waals surface area (Å²) >= 11 is 0. The Labute approximate surface area is 120 Å². The SMILES string of the molecule is CNCC1CCCN(C(=O)CC2(C(=O)O)CCCC2)C1. The van der Waals surface area contributed by atoms with E-state index in [0.717, 1.165) is 45.3 Å². The zero-order valence-corrected chi connectivity index (χ0v) is 12.4. The number of carbonyl (C=O) groups excluding carboxylic acids is 1. The van der Waals surface area contributed by atoms with Crippen LogP contribution in [-0.2, 0) is 9.59 Å². The number of carboxylic acid groups (broad SMARTS) is 1. The summed E-state index contributed by atoms with van der Waals surface area (Å²) in [4.78, 5) is 25.9. The minimum Gasteiger partial charge on any atom is -0.481 e. The third kappa shape index (κ3) is 3.32. The number of nitrogens with one attached hydrogen (secondary N) is 1. The molecule has 1 heterocycles. The van der Waals surface area contributed by atoms with Gasteiger partial charge < -0.3 is 15.3 Å². The Balaban J connectivity index is 1.95. The van der Waals surface area contributed by atoms with Crippen molar-refractivity contribution in [3.05, 3.63) is 0 Å². The molecule has 0 radical (unpaired) electrons. The van der Waals surface area contributed by atoms with E-state index < -0.39 is 11.4 Å². The molecule has 20 heavy (non-hydrogen) atoms. The Kier molecular flexibility index (Phi) is 5.02. The van der Waals surface area contributed by atoms with Crippen LogP contribution >= 0.6 is 0 Å². The van der Waals surface area contributed by atoms with Crippen molar-refractivity contribution in [2.24, 2.45) is 11.3 Å². The molecule has 5 nitrogen and oxygen atoms in total. The van der Waals surface area contributed by atoms with Crippen molar-refractivity contribution >= 4 is 11.9 Å². The second-order valence-corrected chi connectivity index (χ2v) is 6.38. The van der Waals surface area contributed by atoms with Crippen LogP contribution in [0.5, 0.6) is 0 Å². The van der Waals surface area contributed by atoms with Crippen molar-refractivity contribution in [2.75, 3.05) is 26.7 Å². The summed E-state index contributed by atoms with van der Waals surface area (Å²) in [5, 5.41) is 12.6. The van der Waals surface area contributed by atoms with Crippen molar-refractivity contribution in [3.8, 4) is 0 Å². The van der Waals surface area contributed by atoms with Crippen molar-refractivity contribution in [1.82, 2.24) is 10.2 Å². The molecule has 0 spiro atoms. The smallest absolute Gasteiger partial charge is 0.310 e. The van der Waals surface area contributed by atoms with Gasteiger partial charge in [-0.25, -0.2) is 0 Å². The molecular formula is C15H26N2O3. The molecule has 1 amide bonds. The monoisotopic (exact) mass is 282 g/mol. The molecule has 2 N–H and O–H groups in total. The predicted molar refractivity (Wildman–Crippen MR) is 76.4 cm³/mol. The van der Waals surface area contributed by atoms with Gasteiger partial charge in [0.05, 0.1) is 5.41 Å². The lowest BCUT2D eigenvalue weighted by molar-refractivity contribution is -0.153. The normalized spacial score (nSPS) is 25.6. The van der Waals surface area contributed by atoms with Crippen molar-refractivity contribution in [2.45, 2.75) is 44.9 Å². The lowest BCUT2D eigenvalue weighted by Gasteiger charge is -2.35. The molecule has 2 rings (SSSR count). The van der Waals surface area contributed by atoms with Crippen LogP contribution in [0.4, 0.5) is 0 Å². The number of piperidine rings is 1. The summed E-state index contributed by atoms with van der Waals surface area (Å²) in [6.45, 7) is 2.48. The third-order valence-electron chi connectivity index (χ3n) is 4.87. The molecule has 5 heteroatoms. The van der Waals surface area contributed by atoms with E-state index in [4.69, 9.17) is 0 Å². The summed E-state index contributed by atoms with van der Waals surface area (Å²) in [7, 11) is 1.93. The number of rotatable bonds is 5. The van der Waals surface area contributed by atoms with Gasteiger partial charge in [0.2, 0.25) is 5.91 Å². The van der Waals surface area contributed by atoms with Gasteiger partial charge >= 0.3 is 5.97 Å². The van der Waals surface area contributed by atoms with Crippen LogP contribution in [-0.4, -0.2) is 48.6 Å². The maximum absolute atomic E-state index is 12.5. The van der Waals surface area contributed by atoms with Crippen LogP contribution in [0.25, 0.3) is 0 Å². The number of amides is 1. The molecule has 1 saturated heterocycles. The largest absolute Gasteiger partial charge is 0.481 e. The first-order valence-corrected chi connectivity index (χ1v) is 7.73. The summed E-state index contributed by atoms with van der Waals surface area (Å²) < 4.78 is 0. The Morgan fingerprint density at radius 1 is 1.30 bits per heavy atom. The lowest BCUT2D eigenvalue weighted by Crippen LogP contribution is -2.45. The number of likely N-dealkylation sites (tertiary alicyclic amines) is 1. The molecular weight excluding hydrogens is 256 g/mol. The van der Waals surface area contributed by atoms with Gasteiger partial charge in [0.25, 0.3) is 0 Å². The number of aliphatic carboxylic acids is 1. The average molecular weight is 282 g/mol. The first-order chi connectivity index (χ1) is 9.57. The summed E-state index contributed by atoms with van der Waals surface area (Å²) in [6.07, 6.45) is 5.54. The van der Waals surface area contributed by atoms with E-state index in [1.165, 1.54) is 0 Å². The second-order valence-electron chi connectivity index (χ2n) is 6.38. The number of hydrogen-bond donors (Lipinski definition) is 2. The molecule has 1 aliphatic carbocycles. The van der Waals surface area contributed by atoms with Crippen molar-refractivity contribution in [3.63, 3.8) is 0 Å². The van der Waals surface area contributed by atoms with E-state index in [0.29, 0.717) is 18.8 Å². The standard InChI is InChI=1S/C15H26N2O3/c1-16-10-12-5-4-8-17(11-12)13(18)9-15(14(19)20)6-2-3-7-15/h12,16H,2-11H2,1H3,(H,19,20). The zero-order valence-electron chi connectivity index (χ0n) is 12.4. The Morgan fingerprint density at radius 2 is 2.00 bits per heavy atom. The summed E-state index contributed by atoms with van der Waals surface area (Å²) in [5.41, 5.74) is -0.785. The molecule has 2 aliphatic rings. The van der Waals surface area contributed by atoms with Crippen LogP contribution in [0, 0.1) is 11.3 Å². The molecule has 0 aromatic rings. The fourth-order valence-electron chi connectivity index (χ4n) is 3.67. The highest BCUT2D eigenvalue weighted by Gasteiger charge is 2.44. The van der Waals surface area contributed by atoms with Crippen LogP contribution in [0.15, 0.2) is 0 Å². The minimum absolute atomic E-state index is 0.0371. The summed E-state index contributed by atoms with van der Waals surface area (Å²) in [6, 6.07) is 0. The van der Waals surface area contributed by atoms with Gasteiger partial charge in [0.15, 0.2) is 0 Å². The fourth-order valence-corrected chi connectivity index (χ4v) is 3.67. The zero-order chi connectivity index (χ0) is 14.6. The molecule has 1 aliphatic heterocycles. The van der Waals surface area contributed by atoms with Crippen molar-refractivity contribution in [1.29, 1.82) is 0 Å². The lowest BCUT2D eigenvalue weighted by atomic mass is 9.82. The number of carboxylic acids is 1. The van der Waals surface area contributed by atoms with E-state index in [1.54, 1.807) is 0 Å². The van der Waals surface area contributed by atoms with Gasteiger partial charge in [-0.15, -0.1) is 0 Å². The van der Waals surface area contributed by atoms with E-state index in [9.17, 15) is 14.7 Å². The predicted octanol–water partition coefficient (Wildman–Crippen LogP) is 1.48. The topological polar surface area (TPSA) is 69.6 Å². The highest BCUT2D eigenvalue weighted by atomic mass is 16.4. The molecule has 2 fully saturated rings. The van der Waals surface area contributed by atoms with Crippen LogP contribution in [0.1, 0.15) is 44.9 Å². The van der Waals surface area contributed by atoms with Gasteiger partial charge in [-0.1, -0.05) is 12.8 Å². The maximum Gasteiger partial charge on any atom is 0.310 e. The highest BCUT2D eigenvalue weighted by molar-refractivity contribution is 5.85. The molecule has 0 bridgehead atoms. The quantitative estimate of drug-likeness (QED) is 0.801. The highest BCUT2D eigenvalue weighted by Crippen LogP contribution is 2.42. The molecule has 1 unspecified atom stereocenters. The third-order valence-corrected chi connectivity index (χ3v) is 4.87. The fraction of sp³-hybridized carbons (Fsp3) is 0.867. The van der Waals surface area contributed by atoms with Gasteiger partial charge in [-0.05, 0) is 45.2 Å². The van der Waals surface area contributed by atoms with Gasteiger partial charge in [-0.3, -0.25) is 9.59 Å². The number of nitrogens with zero attached hydrogens (tertiary/aromatic N) is 1. The number of carbonyl (C=O) groups is 2. The van der Waals surface area contributed by atoms with Gasteiger partial charge in [0, 0.05) is 19.5 Å². The average Bonchev–Trinajstić information content (AvgIpc) is 2.89. The summed E-state index contributed by atoms with van der Waals surface area (Å²) in [5.74, 6) is -0.246. The Morgan fingerprint density at radius 3 is 2.60 bits per heavy atom. The molecule has 1 saturated carbocycles. The Hall–Kier alpha value is -1.10. The van der Waals surface area contributed by atoms with E-state index in [2.05, 4.69) is 5.32 Å². The molecule has 0 aromatic heterocycles. The van der Waals surface area contributed by atoms with E-state index >= 15 is 0 Å². The molecule has 0 aromatic carbocycles. The van der Waals surface area contributed by atoms with E-state index in [1.807, 2.05) is 11.9 Å². The van der Waals surface area contributed by atoms with Gasteiger partial charge in [0.1, 0.15) is 0 Å². The Bertz CT molecular complexity index is 362. The first-order valence-electron chi connectivity index (χ1n) is 7.73. The molecule has 114 valence electrons. The van der Waals surface area contributed by atoms with E-state index in [-0.39, 0.29) is 12.3 Å².